The molecule has 3 nitrogen and oxygen atoms in total. The Morgan fingerprint density at radius 2 is 1.50 bits per heavy atom. The number of H-pyrrole nitrogens is 1. The van der Waals surface area contributed by atoms with E-state index in [1.807, 2.05) is 0 Å². The number of aromatic amines is 1. The molecule has 11 heteroatoms. The number of halogens is 8. The lowest BCUT2D eigenvalue weighted by atomic mass is 10.2. The van der Waals surface area contributed by atoms with Gasteiger partial charge in [-0.3, -0.25) is 4.79 Å². The zero-order valence-electron chi connectivity index (χ0n) is 7.96. The van der Waals surface area contributed by atoms with Gasteiger partial charge in [0, 0.05) is 6.07 Å². The highest BCUT2D eigenvalue weighted by atomic mass is 19.4. The van der Waals surface area contributed by atoms with Crippen molar-refractivity contribution >= 4 is 0 Å². The second-order valence-corrected chi connectivity index (χ2v) is 3.05. The Hall–Kier alpha value is -1.68. The Morgan fingerprint density at radius 3 is 1.89 bits per heavy atom. The van der Waals surface area contributed by atoms with Gasteiger partial charge in [-0.05, 0) is 0 Å². The highest BCUT2D eigenvalue weighted by Gasteiger charge is 2.60. The van der Waals surface area contributed by atoms with Gasteiger partial charge in [0.2, 0.25) is 5.82 Å². The quantitative estimate of drug-likeness (QED) is 0.804. The SMILES string of the molecule is O=c1cc(C(F)(F)C(F)(F)F)nc(C(F)(F)F)[nH]1. The lowest BCUT2D eigenvalue weighted by Gasteiger charge is -2.19. The lowest BCUT2D eigenvalue weighted by molar-refractivity contribution is -0.291. The molecule has 0 saturated carbocycles. The van der Waals surface area contributed by atoms with E-state index in [4.69, 9.17) is 0 Å². The molecule has 0 aliphatic heterocycles. The first-order valence-corrected chi connectivity index (χ1v) is 3.99. The zero-order chi connectivity index (χ0) is 14.4. The van der Waals surface area contributed by atoms with Gasteiger partial charge in [-0.1, -0.05) is 0 Å². The van der Waals surface area contributed by atoms with Crippen LogP contribution in [0.4, 0.5) is 35.1 Å². The van der Waals surface area contributed by atoms with E-state index in [-0.39, 0.29) is 6.07 Å². The highest BCUT2D eigenvalue weighted by Crippen LogP contribution is 2.43. The molecule has 0 amide bonds. The number of rotatable bonds is 1. The molecule has 0 aliphatic carbocycles. The summed E-state index contributed by atoms with van der Waals surface area (Å²) in [7, 11) is 0. The van der Waals surface area contributed by atoms with Gasteiger partial charge in [-0.15, -0.1) is 0 Å². The van der Waals surface area contributed by atoms with Gasteiger partial charge in [0.25, 0.3) is 5.56 Å². The Bertz CT molecular complexity index is 499. The second kappa shape index (κ2) is 3.92. The van der Waals surface area contributed by atoms with Crippen molar-refractivity contribution < 1.29 is 35.1 Å². The maximum Gasteiger partial charge on any atom is 0.459 e. The third-order valence-corrected chi connectivity index (χ3v) is 1.69. The van der Waals surface area contributed by atoms with Crippen molar-refractivity contribution in [2.24, 2.45) is 0 Å². The van der Waals surface area contributed by atoms with E-state index in [0.29, 0.717) is 0 Å². The van der Waals surface area contributed by atoms with Crippen LogP contribution < -0.4 is 5.56 Å². The van der Waals surface area contributed by atoms with Crippen molar-refractivity contribution in [2.45, 2.75) is 18.3 Å². The van der Waals surface area contributed by atoms with E-state index in [1.54, 1.807) is 0 Å². The van der Waals surface area contributed by atoms with Crippen LogP contribution >= 0.6 is 0 Å². The fourth-order valence-corrected chi connectivity index (χ4v) is 0.898. The van der Waals surface area contributed by atoms with E-state index in [2.05, 4.69) is 4.98 Å². The van der Waals surface area contributed by atoms with Crippen molar-refractivity contribution in [3.8, 4) is 0 Å². The van der Waals surface area contributed by atoms with Crippen molar-refractivity contribution in [1.82, 2.24) is 9.97 Å². The first-order valence-electron chi connectivity index (χ1n) is 3.99. The van der Waals surface area contributed by atoms with Crippen LogP contribution in [0.5, 0.6) is 0 Å². The normalized spacial score (nSPS) is 13.8. The molecule has 1 aromatic rings. The Morgan fingerprint density at radius 1 is 1.00 bits per heavy atom. The average Bonchev–Trinajstić information content (AvgIpc) is 2.13. The van der Waals surface area contributed by atoms with E-state index >= 15 is 0 Å². The molecule has 0 aliphatic rings. The van der Waals surface area contributed by atoms with Crippen LogP contribution in [0, 0.1) is 0 Å². The first-order chi connectivity index (χ1) is 7.85. The molecule has 0 radical (unpaired) electrons. The summed E-state index contributed by atoms with van der Waals surface area (Å²) in [5, 5.41) is 0. The minimum atomic E-state index is -6.16. The standard InChI is InChI=1S/C7H2F8N2O/c8-5(9,7(13,14)15)2-1-3(18)17-4(16-2)6(10,11)12/h1H,(H,16,17,18). The molecule has 0 bridgehead atoms. The third-order valence-electron chi connectivity index (χ3n) is 1.69. The van der Waals surface area contributed by atoms with Crippen molar-refractivity contribution in [1.29, 1.82) is 0 Å². The predicted molar refractivity (Wildman–Crippen MR) is 39.8 cm³/mol. The van der Waals surface area contributed by atoms with Gasteiger partial charge < -0.3 is 4.98 Å². The topological polar surface area (TPSA) is 45.8 Å². The fourth-order valence-electron chi connectivity index (χ4n) is 0.898. The number of nitrogens with zero attached hydrogens (tertiary/aromatic N) is 1. The van der Waals surface area contributed by atoms with Gasteiger partial charge in [0.05, 0.1) is 0 Å². The Balaban J connectivity index is 3.45. The monoisotopic (exact) mass is 282 g/mol. The van der Waals surface area contributed by atoms with E-state index in [0.717, 1.165) is 4.98 Å². The zero-order valence-corrected chi connectivity index (χ0v) is 7.96. The van der Waals surface area contributed by atoms with Gasteiger partial charge >= 0.3 is 18.3 Å². The molecule has 102 valence electrons. The number of aromatic nitrogens is 2. The third kappa shape index (κ3) is 2.59. The molecule has 0 spiro atoms. The molecule has 0 saturated heterocycles. The summed E-state index contributed by atoms with van der Waals surface area (Å²) >= 11 is 0. The number of nitrogens with one attached hydrogen (secondary N) is 1. The predicted octanol–water partition coefficient (Wildman–Crippen LogP) is 2.44. The van der Waals surface area contributed by atoms with Crippen LogP contribution in [0.3, 0.4) is 0 Å². The van der Waals surface area contributed by atoms with Crippen LogP contribution in [-0.2, 0) is 12.1 Å². The van der Waals surface area contributed by atoms with Crippen LogP contribution in [0.1, 0.15) is 11.5 Å². The van der Waals surface area contributed by atoms with Crippen molar-refractivity contribution in [3.63, 3.8) is 0 Å². The van der Waals surface area contributed by atoms with Crippen molar-refractivity contribution in [3.05, 3.63) is 27.9 Å². The smallest absolute Gasteiger partial charge is 0.303 e. The molecular formula is C7H2F8N2O. The summed E-state index contributed by atoms with van der Waals surface area (Å²) in [6.07, 6.45) is -11.5. The van der Waals surface area contributed by atoms with E-state index < -0.39 is 35.4 Å². The molecule has 1 aromatic heterocycles. The van der Waals surface area contributed by atoms with Gasteiger partial charge in [0.1, 0.15) is 5.69 Å². The summed E-state index contributed by atoms with van der Waals surface area (Å²) in [5.74, 6) is -7.88. The number of alkyl halides is 8. The summed E-state index contributed by atoms with van der Waals surface area (Å²) < 4.78 is 97.3. The van der Waals surface area contributed by atoms with Crippen molar-refractivity contribution in [2.75, 3.05) is 0 Å². The minimum absolute atomic E-state index is 0.345. The lowest BCUT2D eigenvalue weighted by Crippen LogP contribution is -2.36. The summed E-state index contributed by atoms with van der Waals surface area (Å²) in [5.41, 5.74) is -4.08. The molecule has 0 fully saturated rings. The molecule has 0 unspecified atom stereocenters. The molecule has 0 aromatic carbocycles. The fraction of sp³-hybridized carbons (Fsp3) is 0.429. The molecule has 1 N–H and O–H groups in total. The average molecular weight is 282 g/mol. The van der Waals surface area contributed by atoms with Gasteiger partial charge in [-0.25, -0.2) is 4.98 Å². The summed E-state index contributed by atoms with van der Waals surface area (Å²) in [6.45, 7) is 0. The largest absolute Gasteiger partial charge is 0.459 e. The molecule has 18 heavy (non-hydrogen) atoms. The van der Waals surface area contributed by atoms with E-state index in [1.165, 1.54) is 0 Å². The maximum atomic E-state index is 12.7. The summed E-state index contributed by atoms with van der Waals surface area (Å²) in [6, 6.07) is -0.345. The number of hydrogen-bond acceptors (Lipinski definition) is 2. The molecule has 0 atom stereocenters. The minimum Gasteiger partial charge on any atom is -0.303 e. The molecular weight excluding hydrogens is 280 g/mol. The Kier molecular flexibility index (Phi) is 3.13. The molecule has 1 rings (SSSR count). The van der Waals surface area contributed by atoms with Crippen LogP contribution in [0.15, 0.2) is 10.9 Å². The first kappa shape index (κ1) is 14.4. The molecule has 1 heterocycles. The Labute approximate surface area is 92.5 Å². The second-order valence-electron chi connectivity index (χ2n) is 3.05. The van der Waals surface area contributed by atoms with Crippen LogP contribution in [-0.4, -0.2) is 16.1 Å². The van der Waals surface area contributed by atoms with Gasteiger partial charge in [-0.2, -0.15) is 35.1 Å². The van der Waals surface area contributed by atoms with E-state index in [9.17, 15) is 39.9 Å². The van der Waals surface area contributed by atoms with Crippen LogP contribution in [0.25, 0.3) is 0 Å². The summed E-state index contributed by atoms with van der Waals surface area (Å²) in [4.78, 5) is 13.7. The maximum absolute atomic E-state index is 12.7. The van der Waals surface area contributed by atoms with Crippen LogP contribution in [0.2, 0.25) is 0 Å². The number of hydrogen-bond donors (Lipinski definition) is 1. The van der Waals surface area contributed by atoms with Gasteiger partial charge in [0.15, 0.2) is 0 Å². The highest BCUT2D eigenvalue weighted by molar-refractivity contribution is 5.12.